The molecule has 0 saturated heterocycles. The highest BCUT2D eigenvalue weighted by atomic mass is 35.5. The third-order valence-corrected chi connectivity index (χ3v) is 3.07. The number of benzene rings is 1. The van der Waals surface area contributed by atoms with Gasteiger partial charge < -0.3 is 15.4 Å². The first-order valence-corrected chi connectivity index (χ1v) is 7.18. The van der Waals surface area contributed by atoms with Gasteiger partial charge >= 0.3 is 6.18 Å². The Bertz CT molecular complexity index is 654. The minimum Gasteiger partial charge on any atom is -0.385 e. The predicted molar refractivity (Wildman–Crippen MR) is 83.3 cm³/mol. The first-order valence-electron chi connectivity index (χ1n) is 6.80. The van der Waals surface area contributed by atoms with Crippen LogP contribution in [-0.2, 0) is 15.7 Å². The molecule has 1 rings (SSSR count). The van der Waals surface area contributed by atoms with Crippen LogP contribution in [0.5, 0.6) is 0 Å². The van der Waals surface area contributed by atoms with Crippen LogP contribution in [0.3, 0.4) is 0 Å². The number of carbonyl (C=O) groups is 1. The van der Waals surface area contributed by atoms with Crippen LogP contribution in [0, 0.1) is 11.3 Å². The second-order valence-electron chi connectivity index (χ2n) is 4.60. The lowest BCUT2D eigenvalue weighted by molar-refractivity contribution is -0.136. The first-order chi connectivity index (χ1) is 11.3. The molecule has 0 saturated carbocycles. The number of hydrogen-bond donors (Lipinski definition) is 2. The van der Waals surface area contributed by atoms with E-state index in [-0.39, 0.29) is 22.8 Å². The number of amides is 1. The van der Waals surface area contributed by atoms with Gasteiger partial charge in [0.25, 0.3) is 5.91 Å². The van der Waals surface area contributed by atoms with E-state index >= 15 is 0 Å². The smallest absolute Gasteiger partial charge is 0.385 e. The number of nitriles is 1. The molecule has 1 aromatic carbocycles. The van der Waals surface area contributed by atoms with Crippen molar-refractivity contribution in [3.05, 3.63) is 40.6 Å². The molecule has 0 aromatic heterocycles. The van der Waals surface area contributed by atoms with Crippen molar-refractivity contribution >= 4 is 23.2 Å². The molecule has 2 N–H and O–H groups in total. The number of halogens is 4. The number of hydrogen-bond acceptors (Lipinski definition) is 4. The molecule has 1 aromatic rings. The summed E-state index contributed by atoms with van der Waals surface area (Å²) < 4.78 is 43.7. The van der Waals surface area contributed by atoms with Gasteiger partial charge in [-0.2, -0.15) is 18.4 Å². The Kier molecular flexibility index (Phi) is 7.55. The zero-order valence-corrected chi connectivity index (χ0v) is 13.5. The van der Waals surface area contributed by atoms with Crippen molar-refractivity contribution in [2.24, 2.45) is 0 Å². The van der Waals surface area contributed by atoms with E-state index in [1.807, 2.05) is 0 Å². The molecule has 0 aliphatic rings. The van der Waals surface area contributed by atoms with Gasteiger partial charge in [0, 0.05) is 31.5 Å². The molecule has 0 radical (unpaired) electrons. The Morgan fingerprint density at radius 2 is 2.17 bits per heavy atom. The van der Waals surface area contributed by atoms with Crippen molar-refractivity contribution in [3.8, 4) is 6.07 Å². The van der Waals surface area contributed by atoms with Crippen LogP contribution >= 0.6 is 11.6 Å². The highest BCUT2D eigenvalue weighted by molar-refractivity contribution is 6.30. The number of methoxy groups -OCH3 is 1. The molecular weight excluding hydrogens is 347 g/mol. The van der Waals surface area contributed by atoms with Gasteiger partial charge in [-0.25, -0.2) is 0 Å². The third-order valence-electron chi connectivity index (χ3n) is 2.83. The largest absolute Gasteiger partial charge is 0.418 e. The van der Waals surface area contributed by atoms with Gasteiger partial charge in [0.1, 0.15) is 11.6 Å². The number of alkyl halides is 3. The third kappa shape index (κ3) is 6.10. The van der Waals surface area contributed by atoms with Crippen molar-refractivity contribution in [2.75, 3.05) is 25.6 Å². The van der Waals surface area contributed by atoms with Crippen molar-refractivity contribution in [1.29, 1.82) is 5.26 Å². The number of ether oxygens (including phenoxy) is 1. The molecule has 9 heteroatoms. The van der Waals surface area contributed by atoms with E-state index in [0.717, 1.165) is 18.3 Å². The maximum atomic E-state index is 13.0. The van der Waals surface area contributed by atoms with Gasteiger partial charge in [0.15, 0.2) is 0 Å². The lowest BCUT2D eigenvalue weighted by atomic mass is 10.1. The number of nitrogens with zero attached hydrogens (tertiary/aromatic N) is 1. The minimum atomic E-state index is -4.63. The normalized spacial score (nSPS) is 11.8. The zero-order valence-electron chi connectivity index (χ0n) is 12.7. The molecule has 0 aliphatic heterocycles. The van der Waals surface area contributed by atoms with Crippen LogP contribution in [0.4, 0.5) is 18.9 Å². The van der Waals surface area contributed by atoms with Crippen LogP contribution < -0.4 is 10.6 Å². The van der Waals surface area contributed by atoms with E-state index < -0.39 is 17.6 Å². The fraction of sp³-hybridized carbons (Fsp3) is 0.333. The molecule has 130 valence electrons. The van der Waals surface area contributed by atoms with Crippen molar-refractivity contribution in [3.63, 3.8) is 0 Å². The Balaban J connectivity index is 2.86. The first kappa shape index (κ1) is 19.8. The van der Waals surface area contributed by atoms with Crippen LogP contribution in [0.1, 0.15) is 12.0 Å². The fourth-order valence-corrected chi connectivity index (χ4v) is 1.86. The Morgan fingerprint density at radius 3 is 2.75 bits per heavy atom. The summed E-state index contributed by atoms with van der Waals surface area (Å²) >= 11 is 5.58. The highest BCUT2D eigenvalue weighted by Gasteiger charge is 2.33. The van der Waals surface area contributed by atoms with Crippen LogP contribution in [0.15, 0.2) is 30.0 Å². The molecule has 24 heavy (non-hydrogen) atoms. The molecule has 0 atom stereocenters. The summed E-state index contributed by atoms with van der Waals surface area (Å²) in [5.41, 5.74) is -1.66. The van der Waals surface area contributed by atoms with E-state index in [1.165, 1.54) is 13.2 Å². The van der Waals surface area contributed by atoms with Crippen LogP contribution in [0.2, 0.25) is 5.02 Å². The lowest BCUT2D eigenvalue weighted by Gasteiger charge is -2.13. The van der Waals surface area contributed by atoms with E-state index in [2.05, 4.69) is 10.6 Å². The van der Waals surface area contributed by atoms with Crippen LogP contribution in [-0.4, -0.2) is 26.2 Å². The number of rotatable bonds is 7. The summed E-state index contributed by atoms with van der Waals surface area (Å²) in [5.74, 6) is -0.691. The second-order valence-corrected chi connectivity index (χ2v) is 5.04. The van der Waals surface area contributed by atoms with Crippen molar-refractivity contribution in [1.82, 2.24) is 5.32 Å². The number of anilines is 1. The minimum absolute atomic E-state index is 0.0757. The highest BCUT2D eigenvalue weighted by Crippen LogP contribution is 2.36. The zero-order chi connectivity index (χ0) is 18.2. The SMILES string of the molecule is COCCCNC(=O)/C(C#N)=C\Nc1ccc(Cl)cc1C(F)(F)F. The molecule has 0 bridgehead atoms. The Morgan fingerprint density at radius 1 is 1.46 bits per heavy atom. The maximum Gasteiger partial charge on any atom is 0.418 e. The van der Waals surface area contributed by atoms with Gasteiger partial charge in [0.2, 0.25) is 0 Å². The molecular formula is C15H15ClF3N3O2. The average molecular weight is 362 g/mol. The summed E-state index contributed by atoms with van der Waals surface area (Å²) in [4.78, 5) is 11.8. The van der Waals surface area contributed by atoms with Gasteiger partial charge in [-0.1, -0.05) is 11.6 Å². The molecule has 0 unspecified atom stereocenters. The Labute approximate surface area is 142 Å². The van der Waals surface area contributed by atoms with Gasteiger partial charge in [-0.05, 0) is 24.6 Å². The monoisotopic (exact) mass is 361 g/mol. The molecule has 0 spiro atoms. The molecule has 0 aliphatic carbocycles. The molecule has 5 nitrogen and oxygen atoms in total. The van der Waals surface area contributed by atoms with Gasteiger partial charge in [-0.15, -0.1) is 0 Å². The van der Waals surface area contributed by atoms with E-state index in [0.29, 0.717) is 13.0 Å². The molecule has 1 amide bonds. The summed E-state index contributed by atoms with van der Waals surface area (Å²) in [7, 11) is 1.51. The van der Waals surface area contributed by atoms with Gasteiger partial charge in [0.05, 0.1) is 11.3 Å². The second kappa shape index (κ2) is 9.15. The topological polar surface area (TPSA) is 74.1 Å². The summed E-state index contributed by atoms with van der Waals surface area (Å²) in [5, 5.41) is 13.7. The van der Waals surface area contributed by atoms with Crippen molar-refractivity contribution in [2.45, 2.75) is 12.6 Å². The number of nitrogens with one attached hydrogen (secondary N) is 2. The van der Waals surface area contributed by atoms with Gasteiger partial charge in [-0.3, -0.25) is 4.79 Å². The standard InChI is InChI=1S/C15H15ClF3N3O2/c1-24-6-2-5-21-14(23)10(8-20)9-22-13-4-3-11(16)7-12(13)15(17,18)19/h3-4,7,9,22H,2,5-6H2,1H3,(H,21,23)/b10-9-. The van der Waals surface area contributed by atoms with E-state index in [4.69, 9.17) is 21.6 Å². The average Bonchev–Trinajstić information content (AvgIpc) is 2.52. The predicted octanol–water partition coefficient (Wildman–Crippen LogP) is 3.33. The quantitative estimate of drug-likeness (QED) is 0.444. The molecule has 0 heterocycles. The number of carbonyl (C=O) groups excluding carboxylic acids is 1. The van der Waals surface area contributed by atoms with Crippen molar-refractivity contribution < 1.29 is 22.7 Å². The maximum absolute atomic E-state index is 13.0. The van der Waals surface area contributed by atoms with E-state index in [1.54, 1.807) is 6.07 Å². The Hall–Kier alpha value is -2.24. The molecule has 0 fully saturated rings. The fourth-order valence-electron chi connectivity index (χ4n) is 1.69. The summed E-state index contributed by atoms with van der Waals surface area (Å²) in [6, 6.07) is 4.77. The summed E-state index contributed by atoms with van der Waals surface area (Å²) in [6.07, 6.45) is -3.16. The lowest BCUT2D eigenvalue weighted by Crippen LogP contribution is -2.26. The summed E-state index contributed by atoms with van der Waals surface area (Å²) in [6.45, 7) is 0.713. The van der Waals surface area contributed by atoms with E-state index in [9.17, 15) is 18.0 Å². The van der Waals surface area contributed by atoms with Crippen LogP contribution in [0.25, 0.3) is 0 Å².